The molecule has 28 heavy (non-hydrogen) atoms. The number of carbonyl (C=O) groups is 2. The number of benzene rings is 2. The quantitative estimate of drug-likeness (QED) is 0.539. The van der Waals surface area contributed by atoms with E-state index in [0.29, 0.717) is 17.7 Å². The predicted molar refractivity (Wildman–Crippen MR) is 110 cm³/mol. The summed E-state index contributed by atoms with van der Waals surface area (Å²) in [5, 5.41) is 13.7. The molecule has 0 radical (unpaired) electrons. The van der Waals surface area contributed by atoms with Gasteiger partial charge in [0.15, 0.2) is 0 Å². The van der Waals surface area contributed by atoms with Crippen molar-refractivity contribution in [2.75, 3.05) is 6.54 Å². The molecule has 0 aliphatic heterocycles. The molecule has 6 nitrogen and oxygen atoms in total. The van der Waals surface area contributed by atoms with Gasteiger partial charge in [0.05, 0.1) is 17.9 Å². The van der Waals surface area contributed by atoms with Crippen LogP contribution < -0.4 is 10.6 Å². The number of carbonyl (C=O) groups excluding carboxylic acids is 2. The maximum atomic E-state index is 12.5. The number of terminal acetylenes is 1. The molecule has 0 fully saturated rings. The first-order chi connectivity index (χ1) is 13.5. The predicted octanol–water partition coefficient (Wildman–Crippen LogP) is 4.00. The van der Waals surface area contributed by atoms with Crippen molar-refractivity contribution in [3.05, 3.63) is 60.2 Å². The van der Waals surface area contributed by atoms with Crippen LogP contribution in [0.25, 0.3) is 0 Å². The SMILES string of the molecule is C#CCNC(=O)[C@H](CC(C)C)NC(=O)c1ccc(N=Nc2ccccc2)cc1. The highest BCUT2D eigenvalue weighted by atomic mass is 16.2. The highest BCUT2D eigenvalue weighted by Crippen LogP contribution is 2.18. The molecule has 2 rings (SSSR count). The second-order valence-corrected chi connectivity index (χ2v) is 6.66. The van der Waals surface area contributed by atoms with E-state index in [4.69, 9.17) is 6.42 Å². The standard InChI is InChI=1S/C22H24N4O2/c1-4-14-23-22(28)20(15-16(2)3)24-21(27)17-10-12-19(13-11-17)26-25-18-8-6-5-7-9-18/h1,5-13,16,20H,14-15H2,2-3H3,(H,23,28)(H,24,27)/t20-/m0/s1. The normalized spacial score (nSPS) is 11.8. The van der Waals surface area contributed by atoms with E-state index in [9.17, 15) is 9.59 Å². The molecule has 2 amide bonds. The van der Waals surface area contributed by atoms with Crippen LogP contribution in [0.1, 0.15) is 30.6 Å². The van der Waals surface area contributed by atoms with Gasteiger partial charge in [0.25, 0.3) is 5.91 Å². The van der Waals surface area contributed by atoms with Crippen LogP contribution >= 0.6 is 0 Å². The summed E-state index contributed by atoms with van der Waals surface area (Å²) in [4.78, 5) is 24.7. The Kier molecular flexibility index (Phi) is 7.92. The Morgan fingerprint density at radius 3 is 2.18 bits per heavy atom. The molecule has 6 heteroatoms. The van der Waals surface area contributed by atoms with Crippen molar-refractivity contribution >= 4 is 23.2 Å². The van der Waals surface area contributed by atoms with Crippen LogP contribution in [0, 0.1) is 18.3 Å². The second-order valence-electron chi connectivity index (χ2n) is 6.66. The fourth-order valence-corrected chi connectivity index (χ4v) is 2.50. The third kappa shape index (κ3) is 6.69. The van der Waals surface area contributed by atoms with Gasteiger partial charge >= 0.3 is 0 Å². The topological polar surface area (TPSA) is 82.9 Å². The third-order valence-corrected chi connectivity index (χ3v) is 3.86. The van der Waals surface area contributed by atoms with Crippen LogP contribution in [0.2, 0.25) is 0 Å². The highest BCUT2D eigenvalue weighted by Gasteiger charge is 2.22. The molecule has 0 aliphatic rings. The van der Waals surface area contributed by atoms with E-state index in [0.717, 1.165) is 5.69 Å². The average Bonchev–Trinajstić information content (AvgIpc) is 2.70. The average molecular weight is 376 g/mol. The lowest BCUT2D eigenvalue weighted by Crippen LogP contribution is -2.47. The van der Waals surface area contributed by atoms with Crippen LogP contribution in [0.4, 0.5) is 11.4 Å². The van der Waals surface area contributed by atoms with E-state index in [1.807, 2.05) is 44.2 Å². The number of hydrogen-bond donors (Lipinski definition) is 2. The molecule has 144 valence electrons. The first-order valence-electron chi connectivity index (χ1n) is 9.08. The Morgan fingerprint density at radius 2 is 1.61 bits per heavy atom. The van der Waals surface area contributed by atoms with Crippen molar-refractivity contribution < 1.29 is 9.59 Å². The highest BCUT2D eigenvalue weighted by molar-refractivity contribution is 5.97. The van der Waals surface area contributed by atoms with Crippen molar-refractivity contribution in [2.45, 2.75) is 26.3 Å². The molecule has 0 saturated heterocycles. The van der Waals surface area contributed by atoms with Gasteiger partial charge in [-0.3, -0.25) is 9.59 Å². The van der Waals surface area contributed by atoms with Crippen molar-refractivity contribution in [3.8, 4) is 12.3 Å². The van der Waals surface area contributed by atoms with Gasteiger partial charge in [-0.1, -0.05) is 38.0 Å². The number of nitrogens with one attached hydrogen (secondary N) is 2. The van der Waals surface area contributed by atoms with Gasteiger partial charge in [0, 0.05) is 5.56 Å². The Hall–Kier alpha value is -3.46. The summed E-state index contributed by atoms with van der Waals surface area (Å²) in [6, 6.07) is 15.5. The van der Waals surface area contributed by atoms with Crippen molar-refractivity contribution in [1.29, 1.82) is 0 Å². The zero-order valence-electron chi connectivity index (χ0n) is 16.1. The molecule has 2 aromatic carbocycles. The summed E-state index contributed by atoms with van der Waals surface area (Å²) in [5.74, 6) is 1.99. The van der Waals surface area contributed by atoms with Crippen molar-refractivity contribution in [1.82, 2.24) is 10.6 Å². The molecule has 0 aliphatic carbocycles. The molecule has 0 unspecified atom stereocenters. The second kappa shape index (κ2) is 10.6. The smallest absolute Gasteiger partial charge is 0.251 e. The van der Waals surface area contributed by atoms with Crippen LogP contribution in [0.15, 0.2) is 64.8 Å². The summed E-state index contributed by atoms with van der Waals surface area (Å²) in [7, 11) is 0. The fraction of sp³-hybridized carbons (Fsp3) is 0.273. The van der Waals surface area contributed by atoms with E-state index in [1.54, 1.807) is 24.3 Å². The van der Waals surface area contributed by atoms with Gasteiger partial charge in [0.1, 0.15) is 6.04 Å². The van der Waals surface area contributed by atoms with Gasteiger partial charge < -0.3 is 10.6 Å². The van der Waals surface area contributed by atoms with E-state index in [2.05, 4.69) is 26.8 Å². The van der Waals surface area contributed by atoms with Crippen LogP contribution in [-0.4, -0.2) is 24.4 Å². The molecule has 0 bridgehead atoms. The molecule has 2 N–H and O–H groups in total. The third-order valence-electron chi connectivity index (χ3n) is 3.86. The largest absolute Gasteiger partial charge is 0.343 e. The number of nitrogens with zero attached hydrogens (tertiary/aromatic N) is 2. The van der Waals surface area contributed by atoms with Crippen LogP contribution in [-0.2, 0) is 4.79 Å². The van der Waals surface area contributed by atoms with Crippen LogP contribution in [0.3, 0.4) is 0 Å². The Morgan fingerprint density at radius 1 is 1.00 bits per heavy atom. The molecule has 0 aromatic heterocycles. The van der Waals surface area contributed by atoms with Gasteiger partial charge in [-0.25, -0.2) is 0 Å². The molecule has 2 aromatic rings. The van der Waals surface area contributed by atoms with Gasteiger partial charge in [-0.05, 0) is 48.7 Å². The van der Waals surface area contributed by atoms with E-state index < -0.39 is 6.04 Å². The summed E-state index contributed by atoms with van der Waals surface area (Å²) in [6.07, 6.45) is 5.70. The first kappa shape index (κ1) is 20.8. The molecule has 0 heterocycles. The summed E-state index contributed by atoms with van der Waals surface area (Å²) in [5.41, 5.74) is 1.82. The Bertz CT molecular complexity index is 852. The molecule has 0 spiro atoms. The number of azo groups is 1. The van der Waals surface area contributed by atoms with Crippen molar-refractivity contribution in [2.24, 2.45) is 16.1 Å². The number of rotatable bonds is 8. The first-order valence-corrected chi connectivity index (χ1v) is 9.08. The summed E-state index contributed by atoms with van der Waals surface area (Å²) >= 11 is 0. The maximum Gasteiger partial charge on any atom is 0.251 e. The van der Waals surface area contributed by atoms with Crippen molar-refractivity contribution in [3.63, 3.8) is 0 Å². The lowest BCUT2D eigenvalue weighted by molar-refractivity contribution is -0.123. The van der Waals surface area contributed by atoms with E-state index in [-0.39, 0.29) is 24.3 Å². The monoisotopic (exact) mass is 376 g/mol. The number of hydrogen-bond acceptors (Lipinski definition) is 4. The zero-order chi connectivity index (χ0) is 20.4. The van der Waals surface area contributed by atoms with E-state index >= 15 is 0 Å². The zero-order valence-corrected chi connectivity index (χ0v) is 16.1. The molecule has 1 atom stereocenters. The van der Waals surface area contributed by atoms with E-state index in [1.165, 1.54) is 0 Å². The fourth-order valence-electron chi connectivity index (χ4n) is 2.50. The molecular formula is C22H24N4O2. The van der Waals surface area contributed by atoms with Crippen LogP contribution in [0.5, 0.6) is 0 Å². The minimum absolute atomic E-state index is 0.129. The Labute approximate surface area is 165 Å². The molecular weight excluding hydrogens is 352 g/mol. The summed E-state index contributed by atoms with van der Waals surface area (Å²) < 4.78 is 0. The van der Waals surface area contributed by atoms with Gasteiger partial charge in [0.2, 0.25) is 5.91 Å². The number of amides is 2. The van der Waals surface area contributed by atoms with Gasteiger partial charge in [-0.15, -0.1) is 6.42 Å². The molecule has 0 saturated carbocycles. The van der Waals surface area contributed by atoms with Gasteiger partial charge in [-0.2, -0.15) is 10.2 Å². The lowest BCUT2D eigenvalue weighted by Gasteiger charge is -2.19. The lowest BCUT2D eigenvalue weighted by atomic mass is 10.0. The summed E-state index contributed by atoms with van der Waals surface area (Å²) in [6.45, 7) is 4.10. The Balaban J connectivity index is 2.02. The minimum atomic E-state index is -0.640. The minimum Gasteiger partial charge on any atom is -0.343 e. The maximum absolute atomic E-state index is 12.5.